The number of hydrogen-bond acceptors (Lipinski definition) is 4. The Kier molecular flexibility index (Phi) is 5.67. The van der Waals surface area contributed by atoms with Crippen LogP contribution in [-0.2, 0) is 6.54 Å². The van der Waals surface area contributed by atoms with Crippen molar-refractivity contribution in [3.05, 3.63) is 69.8 Å². The molecule has 8 heteroatoms. The van der Waals surface area contributed by atoms with E-state index in [0.29, 0.717) is 17.8 Å². The minimum atomic E-state index is -0.520. The highest BCUT2D eigenvalue weighted by Gasteiger charge is 2.12. The number of hydrogen-bond donors (Lipinski definition) is 2. The van der Waals surface area contributed by atoms with E-state index in [1.54, 1.807) is 44.4 Å². The van der Waals surface area contributed by atoms with Gasteiger partial charge in [0.05, 0.1) is 4.92 Å². The van der Waals surface area contributed by atoms with E-state index in [4.69, 9.17) is 0 Å². The number of nitro groups is 1. The number of anilines is 1. The van der Waals surface area contributed by atoms with Gasteiger partial charge >= 0.3 is 6.03 Å². The number of benzene rings is 2. The Morgan fingerprint density at radius 1 is 1.16 bits per heavy atom. The first kappa shape index (κ1) is 17.9. The normalized spacial score (nSPS) is 10.0. The van der Waals surface area contributed by atoms with Gasteiger partial charge < -0.3 is 15.5 Å². The van der Waals surface area contributed by atoms with Crippen molar-refractivity contribution in [2.45, 2.75) is 6.54 Å². The molecule has 0 aliphatic heterocycles. The average Bonchev–Trinajstić information content (AvgIpc) is 2.61. The monoisotopic (exact) mass is 342 g/mol. The Morgan fingerprint density at radius 2 is 1.84 bits per heavy atom. The fourth-order valence-corrected chi connectivity index (χ4v) is 2.17. The van der Waals surface area contributed by atoms with Crippen molar-refractivity contribution >= 4 is 23.3 Å². The first-order valence-electron chi connectivity index (χ1n) is 7.48. The molecule has 25 heavy (non-hydrogen) atoms. The minimum Gasteiger partial charge on any atom is -0.355 e. The second-order valence-electron chi connectivity index (χ2n) is 5.37. The maximum absolute atomic E-state index is 12.2. The summed E-state index contributed by atoms with van der Waals surface area (Å²) in [4.78, 5) is 35.4. The number of rotatable bonds is 5. The Hall–Kier alpha value is -3.42. The van der Waals surface area contributed by atoms with Crippen molar-refractivity contribution in [3.63, 3.8) is 0 Å². The van der Waals surface area contributed by atoms with Gasteiger partial charge in [-0.1, -0.05) is 18.2 Å². The van der Waals surface area contributed by atoms with Crippen molar-refractivity contribution in [1.82, 2.24) is 10.2 Å². The van der Waals surface area contributed by atoms with E-state index < -0.39 is 11.0 Å². The number of non-ortho nitro benzene ring substituents is 1. The molecule has 0 aliphatic rings. The summed E-state index contributed by atoms with van der Waals surface area (Å²) in [6.45, 7) is 0.328. The summed E-state index contributed by atoms with van der Waals surface area (Å²) in [5, 5.41) is 15.9. The van der Waals surface area contributed by atoms with E-state index in [0.717, 1.165) is 5.56 Å². The molecule has 8 nitrogen and oxygen atoms in total. The first-order valence-corrected chi connectivity index (χ1v) is 7.48. The lowest BCUT2D eigenvalue weighted by atomic mass is 10.1. The predicted molar refractivity (Wildman–Crippen MR) is 93.4 cm³/mol. The molecule has 0 unspecified atom stereocenters. The molecule has 0 aromatic heterocycles. The highest BCUT2D eigenvalue weighted by atomic mass is 16.6. The molecule has 0 fully saturated rings. The molecule has 0 spiro atoms. The Labute approximate surface area is 144 Å². The third-order valence-corrected chi connectivity index (χ3v) is 3.52. The number of nitrogens with one attached hydrogen (secondary N) is 2. The standard InChI is InChI=1S/C17H18N4O4/c1-18-16(22)13-8-6-12(7-9-13)11-20(2)17(23)19-14-4-3-5-15(10-14)21(24)25/h3-10H,11H2,1-2H3,(H,18,22)(H,19,23). The predicted octanol–water partition coefficient (Wildman–Crippen LogP) is 2.62. The molecule has 0 bridgehead atoms. The van der Waals surface area contributed by atoms with Gasteiger partial charge in [-0.2, -0.15) is 0 Å². The maximum atomic E-state index is 12.2. The summed E-state index contributed by atoms with van der Waals surface area (Å²) in [7, 11) is 3.17. The van der Waals surface area contributed by atoms with Gasteiger partial charge in [-0.05, 0) is 23.8 Å². The van der Waals surface area contributed by atoms with Gasteiger partial charge in [-0.15, -0.1) is 0 Å². The number of nitrogens with zero attached hydrogens (tertiary/aromatic N) is 2. The lowest BCUT2D eigenvalue weighted by Gasteiger charge is -2.18. The second kappa shape index (κ2) is 7.91. The fourth-order valence-electron chi connectivity index (χ4n) is 2.17. The van der Waals surface area contributed by atoms with Gasteiger partial charge in [0.15, 0.2) is 0 Å². The summed E-state index contributed by atoms with van der Waals surface area (Å²) in [5.74, 6) is -0.177. The van der Waals surface area contributed by atoms with Gasteiger partial charge in [-0.3, -0.25) is 14.9 Å². The van der Waals surface area contributed by atoms with E-state index in [-0.39, 0.29) is 11.6 Å². The van der Waals surface area contributed by atoms with Crippen LogP contribution < -0.4 is 10.6 Å². The molecule has 0 atom stereocenters. The highest BCUT2D eigenvalue weighted by molar-refractivity contribution is 5.94. The molecule has 130 valence electrons. The van der Waals surface area contributed by atoms with Crippen LogP contribution in [0.5, 0.6) is 0 Å². The summed E-state index contributed by atoms with van der Waals surface area (Å²) in [6, 6.07) is 12.2. The Balaban J connectivity index is 1.99. The Morgan fingerprint density at radius 3 is 2.44 bits per heavy atom. The first-order chi connectivity index (χ1) is 11.9. The molecule has 0 heterocycles. The van der Waals surface area contributed by atoms with Crippen LogP contribution in [0.25, 0.3) is 0 Å². The highest BCUT2D eigenvalue weighted by Crippen LogP contribution is 2.17. The zero-order chi connectivity index (χ0) is 18.4. The van der Waals surface area contributed by atoms with Gasteiger partial charge in [0.2, 0.25) is 0 Å². The zero-order valence-corrected chi connectivity index (χ0v) is 13.9. The van der Waals surface area contributed by atoms with Crippen LogP contribution in [0.4, 0.5) is 16.2 Å². The quantitative estimate of drug-likeness (QED) is 0.643. The van der Waals surface area contributed by atoms with Crippen LogP contribution in [-0.4, -0.2) is 35.9 Å². The van der Waals surface area contributed by atoms with Gasteiger partial charge in [0, 0.05) is 44.0 Å². The SMILES string of the molecule is CNC(=O)c1ccc(CN(C)C(=O)Nc2cccc([N+](=O)[O-])c2)cc1. The summed E-state index contributed by atoms with van der Waals surface area (Å²) >= 11 is 0. The molecule has 0 saturated heterocycles. The lowest BCUT2D eigenvalue weighted by Crippen LogP contribution is -2.30. The largest absolute Gasteiger partial charge is 0.355 e. The molecule has 0 saturated carbocycles. The van der Waals surface area contributed by atoms with Crippen molar-refractivity contribution in [3.8, 4) is 0 Å². The molecule has 2 aromatic carbocycles. The summed E-state index contributed by atoms with van der Waals surface area (Å²) in [5.41, 5.74) is 1.64. The van der Waals surface area contributed by atoms with E-state index in [1.807, 2.05) is 0 Å². The number of nitro benzene ring substituents is 1. The molecule has 2 aromatic rings. The van der Waals surface area contributed by atoms with Crippen molar-refractivity contribution in [1.29, 1.82) is 0 Å². The third-order valence-electron chi connectivity index (χ3n) is 3.52. The molecular formula is C17H18N4O4. The summed E-state index contributed by atoms with van der Waals surface area (Å²) < 4.78 is 0. The van der Waals surface area contributed by atoms with E-state index >= 15 is 0 Å². The number of urea groups is 1. The van der Waals surface area contributed by atoms with Gasteiger partial charge in [-0.25, -0.2) is 4.79 Å². The van der Waals surface area contributed by atoms with Crippen LogP contribution in [0.1, 0.15) is 15.9 Å². The Bertz CT molecular complexity index is 789. The lowest BCUT2D eigenvalue weighted by molar-refractivity contribution is -0.384. The van der Waals surface area contributed by atoms with E-state index in [9.17, 15) is 19.7 Å². The molecule has 0 aliphatic carbocycles. The van der Waals surface area contributed by atoms with Crippen molar-refractivity contribution in [2.24, 2.45) is 0 Å². The second-order valence-corrected chi connectivity index (χ2v) is 5.37. The molecule has 3 amide bonds. The molecular weight excluding hydrogens is 324 g/mol. The molecule has 0 radical (unpaired) electrons. The van der Waals surface area contributed by atoms with Crippen LogP contribution in [0.15, 0.2) is 48.5 Å². The minimum absolute atomic E-state index is 0.0924. The molecule has 2 N–H and O–H groups in total. The average molecular weight is 342 g/mol. The number of carbonyl (C=O) groups is 2. The van der Waals surface area contributed by atoms with Crippen LogP contribution in [0.2, 0.25) is 0 Å². The molecule has 2 rings (SSSR count). The van der Waals surface area contributed by atoms with E-state index in [1.165, 1.54) is 23.1 Å². The van der Waals surface area contributed by atoms with Crippen LogP contribution in [0.3, 0.4) is 0 Å². The van der Waals surface area contributed by atoms with E-state index in [2.05, 4.69) is 10.6 Å². The van der Waals surface area contributed by atoms with Gasteiger partial charge in [0.1, 0.15) is 0 Å². The smallest absolute Gasteiger partial charge is 0.321 e. The summed E-state index contributed by atoms with van der Waals surface area (Å²) in [6.07, 6.45) is 0. The van der Waals surface area contributed by atoms with Crippen molar-refractivity contribution in [2.75, 3.05) is 19.4 Å². The third kappa shape index (κ3) is 4.77. The van der Waals surface area contributed by atoms with Crippen LogP contribution >= 0.6 is 0 Å². The fraction of sp³-hybridized carbons (Fsp3) is 0.176. The van der Waals surface area contributed by atoms with Gasteiger partial charge in [0.25, 0.3) is 11.6 Å². The van der Waals surface area contributed by atoms with Crippen molar-refractivity contribution < 1.29 is 14.5 Å². The number of carbonyl (C=O) groups excluding carboxylic acids is 2. The zero-order valence-electron chi connectivity index (χ0n) is 13.9. The number of amides is 3. The maximum Gasteiger partial charge on any atom is 0.321 e. The van der Waals surface area contributed by atoms with Crippen LogP contribution in [0, 0.1) is 10.1 Å². The topological polar surface area (TPSA) is 105 Å².